The van der Waals surface area contributed by atoms with E-state index in [9.17, 15) is 0 Å². The van der Waals surface area contributed by atoms with Crippen LogP contribution in [-0.4, -0.2) is 17.8 Å². The number of fused-ring (bicyclic) bond motifs is 1. The summed E-state index contributed by atoms with van der Waals surface area (Å²) in [7, 11) is 0. The Balaban J connectivity index is 1.68. The molecule has 1 aromatic carbocycles. The van der Waals surface area contributed by atoms with E-state index in [0.717, 1.165) is 18.9 Å². The van der Waals surface area contributed by atoms with E-state index in [0.29, 0.717) is 12.6 Å². The zero-order valence-corrected chi connectivity index (χ0v) is 11.2. The van der Waals surface area contributed by atoms with Crippen LogP contribution in [-0.2, 0) is 6.54 Å². The van der Waals surface area contributed by atoms with Gasteiger partial charge in [0.15, 0.2) is 0 Å². The van der Waals surface area contributed by atoms with E-state index in [1.165, 1.54) is 28.5 Å². The lowest BCUT2D eigenvalue weighted by atomic mass is 10.1. The molecule has 2 nitrogen and oxygen atoms in total. The molecule has 1 aromatic heterocycles. The van der Waals surface area contributed by atoms with Gasteiger partial charge in [0.2, 0.25) is 0 Å². The molecule has 0 aliphatic heterocycles. The number of hydrogen-bond donors (Lipinski definition) is 2. The van der Waals surface area contributed by atoms with Crippen LogP contribution in [0.15, 0.2) is 29.6 Å². The fourth-order valence-corrected chi connectivity index (χ4v) is 3.52. The molecule has 0 radical (unpaired) electrons. The molecular formula is C15H19NOS. The molecule has 0 saturated heterocycles. The van der Waals surface area contributed by atoms with Crippen LogP contribution in [0, 0.1) is 5.92 Å². The molecule has 2 N–H and O–H groups in total. The van der Waals surface area contributed by atoms with Crippen molar-refractivity contribution >= 4 is 21.4 Å². The van der Waals surface area contributed by atoms with Crippen molar-refractivity contribution in [2.75, 3.05) is 6.61 Å². The van der Waals surface area contributed by atoms with Crippen LogP contribution in [0.5, 0.6) is 0 Å². The number of aliphatic hydroxyl groups excluding tert-OH is 1. The number of thiophene rings is 1. The molecule has 2 aromatic rings. The highest BCUT2D eigenvalue weighted by atomic mass is 32.1. The molecule has 3 rings (SSSR count). The molecule has 1 aliphatic rings. The average molecular weight is 261 g/mol. The van der Waals surface area contributed by atoms with Gasteiger partial charge in [-0.1, -0.05) is 18.2 Å². The van der Waals surface area contributed by atoms with Gasteiger partial charge in [-0.25, -0.2) is 0 Å². The summed E-state index contributed by atoms with van der Waals surface area (Å²) in [5.74, 6) is 0.794. The average Bonchev–Trinajstić information content (AvgIpc) is 3.16. The van der Waals surface area contributed by atoms with Crippen molar-refractivity contribution in [3.8, 4) is 0 Å². The van der Waals surface area contributed by atoms with Gasteiger partial charge in [-0.05, 0) is 47.6 Å². The summed E-state index contributed by atoms with van der Waals surface area (Å²) in [6.45, 7) is 1.21. The Morgan fingerprint density at radius 2 is 2.17 bits per heavy atom. The second-order valence-electron chi connectivity index (χ2n) is 5.09. The van der Waals surface area contributed by atoms with Crippen LogP contribution in [0.1, 0.15) is 24.8 Å². The Bertz CT molecular complexity index is 518. The van der Waals surface area contributed by atoms with Gasteiger partial charge in [0.25, 0.3) is 0 Å². The number of aliphatic hydroxyl groups is 1. The molecule has 0 spiro atoms. The Kier molecular flexibility index (Phi) is 3.64. The van der Waals surface area contributed by atoms with Crippen molar-refractivity contribution in [1.29, 1.82) is 0 Å². The Labute approximate surface area is 112 Å². The van der Waals surface area contributed by atoms with E-state index in [1.807, 2.05) is 11.3 Å². The van der Waals surface area contributed by atoms with Crippen LogP contribution in [0.4, 0.5) is 0 Å². The second-order valence-corrected chi connectivity index (χ2v) is 6.01. The van der Waals surface area contributed by atoms with Crippen LogP contribution in [0.3, 0.4) is 0 Å². The molecule has 1 saturated carbocycles. The molecule has 1 aliphatic carbocycles. The maximum absolute atomic E-state index is 9.10. The predicted octanol–water partition coefficient (Wildman–Crippen LogP) is 3.15. The highest BCUT2D eigenvalue weighted by molar-refractivity contribution is 7.17. The van der Waals surface area contributed by atoms with E-state index in [1.54, 1.807) is 0 Å². The standard InChI is InChI=1S/C15H19NOS/c17-8-7-14(11-5-6-11)16-9-12-10-18-15-4-2-1-3-13(12)15/h1-4,10-11,14,16-17H,5-9H2. The van der Waals surface area contributed by atoms with Crippen molar-refractivity contribution in [1.82, 2.24) is 5.32 Å². The Morgan fingerprint density at radius 1 is 1.33 bits per heavy atom. The lowest BCUT2D eigenvalue weighted by molar-refractivity contribution is 0.256. The molecule has 1 fully saturated rings. The van der Waals surface area contributed by atoms with Crippen molar-refractivity contribution in [3.63, 3.8) is 0 Å². The predicted molar refractivity (Wildman–Crippen MR) is 76.9 cm³/mol. The largest absolute Gasteiger partial charge is 0.396 e. The van der Waals surface area contributed by atoms with Gasteiger partial charge in [0, 0.05) is 23.9 Å². The van der Waals surface area contributed by atoms with Crippen LogP contribution in [0.2, 0.25) is 0 Å². The number of nitrogens with one attached hydrogen (secondary N) is 1. The van der Waals surface area contributed by atoms with Gasteiger partial charge in [0.1, 0.15) is 0 Å². The van der Waals surface area contributed by atoms with E-state index in [2.05, 4.69) is 35.0 Å². The van der Waals surface area contributed by atoms with E-state index in [-0.39, 0.29) is 0 Å². The minimum absolute atomic E-state index is 0.290. The molecule has 18 heavy (non-hydrogen) atoms. The number of hydrogen-bond acceptors (Lipinski definition) is 3. The first-order valence-electron chi connectivity index (χ1n) is 6.68. The van der Waals surface area contributed by atoms with Crippen LogP contribution in [0.25, 0.3) is 10.1 Å². The molecule has 0 amide bonds. The smallest absolute Gasteiger partial charge is 0.0445 e. The van der Waals surface area contributed by atoms with Crippen LogP contribution < -0.4 is 5.32 Å². The molecule has 0 bridgehead atoms. The summed E-state index contributed by atoms with van der Waals surface area (Å²) in [6.07, 6.45) is 3.52. The topological polar surface area (TPSA) is 32.3 Å². The van der Waals surface area contributed by atoms with Crippen molar-refractivity contribution < 1.29 is 5.11 Å². The van der Waals surface area contributed by atoms with E-state index < -0.39 is 0 Å². The first-order chi connectivity index (χ1) is 8.88. The highest BCUT2D eigenvalue weighted by Crippen LogP contribution is 2.34. The molecule has 1 heterocycles. The first-order valence-corrected chi connectivity index (χ1v) is 7.56. The van der Waals surface area contributed by atoms with Gasteiger partial charge in [-0.2, -0.15) is 0 Å². The normalized spacial score (nSPS) is 17.2. The summed E-state index contributed by atoms with van der Waals surface area (Å²) in [4.78, 5) is 0. The lowest BCUT2D eigenvalue weighted by Gasteiger charge is -2.16. The monoisotopic (exact) mass is 261 g/mol. The third kappa shape index (κ3) is 2.58. The number of rotatable bonds is 6. The van der Waals surface area contributed by atoms with Crippen molar-refractivity contribution in [3.05, 3.63) is 35.2 Å². The highest BCUT2D eigenvalue weighted by Gasteiger charge is 2.30. The fourth-order valence-electron chi connectivity index (χ4n) is 2.55. The summed E-state index contributed by atoms with van der Waals surface area (Å²) in [5.41, 5.74) is 1.39. The van der Waals surface area contributed by atoms with Crippen molar-refractivity contribution in [2.24, 2.45) is 5.92 Å². The summed E-state index contributed by atoms with van der Waals surface area (Å²) in [5, 5.41) is 16.3. The quantitative estimate of drug-likeness (QED) is 0.837. The summed E-state index contributed by atoms with van der Waals surface area (Å²) < 4.78 is 1.36. The van der Waals surface area contributed by atoms with Gasteiger partial charge in [0.05, 0.1) is 0 Å². The maximum Gasteiger partial charge on any atom is 0.0445 e. The Morgan fingerprint density at radius 3 is 2.94 bits per heavy atom. The fraction of sp³-hybridized carbons (Fsp3) is 0.467. The second kappa shape index (κ2) is 5.39. The molecular weight excluding hydrogens is 242 g/mol. The maximum atomic E-state index is 9.10. The van der Waals surface area contributed by atoms with Gasteiger partial charge >= 0.3 is 0 Å². The minimum atomic E-state index is 0.290. The number of benzene rings is 1. The molecule has 3 heteroatoms. The molecule has 1 unspecified atom stereocenters. The van der Waals surface area contributed by atoms with Gasteiger partial charge in [-0.3, -0.25) is 0 Å². The summed E-state index contributed by atoms with van der Waals surface area (Å²) >= 11 is 1.81. The third-order valence-corrected chi connectivity index (χ3v) is 4.76. The zero-order valence-electron chi connectivity index (χ0n) is 10.4. The van der Waals surface area contributed by atoms with Gasteiger partial charge in [-0.15, -0.1) is 11.3 Å². The third-order valence-electron chi connectivity index (χ3n) is 3.75. The summed E-state index contributed by atoms with van der Waals surface area (Å²) in [6, 6.07) is 9.06. The molecule has 96 valence electrons. The van der Waals surface area contributed by atoms with Gasteiger partial charge < -0.3 is 10.4 Å². The SMILES string of the molecule is OCCC(NCc1csc2ccccc12)C1CC1. The van der Waals surface area contributed by atoms with E-state index in [4.69, 9.17) is 5.11 Å². The Hall–Kier alpha value is -0.900. The first kappa shape index (κ1) is 12.2. The lowest BCUT2D eigenvalue weighted by Crippen LogP contribution is -2.31. The van der Waals surface area contributed by atoms with Crippen LogP contribution >= 0.6 is 11.3 Å². The minimum Gasteiger partial charge on any atom is -0.396 e. The van der Waals surface area contributed by atoms with E-state index >= 15 is 0 Å². The zero-order chi connectivity index (χ0) is 12.4. The van der Waals surface area contributed by atoms with Crippen molar-refractivity contribution in [2.45, 2.75) is 31.8 Å². The molecule has 1 atom stereocenters.